The van der Waals surface area contributed by atoms with Crippen LogP contribution in [0.2, 0.25) is 0 Å². The lowest BCUT2D eigenvalue weighted by molar-refractivity contribution is -0.333. The van der Waals surface area contributed by atoms with Crippen LogP contribution in [-0.4, -0.2) is 23.9 Å². The van der Waals surface area contributed by atoms with E-state index in [0.717, 1.165) is 0 Å². The monoisotopic (exact) mass is 408 g/mol. The second-order valence-corrected chi connectivity index (χ2v) is 6.77. The van der Waals surface area contributed by atoms with Crippen LogP contribution in [0.4, 0.5) is 0 Å². The smallest absolute Gasteiger partial charge is 0.166 e. The molecule has 0 atom stereocenters. The molecular formula is C19H21O8P-2. The minimum absolute atomic E-state index is 0.142. The molecule has 2 aromatic carbocycles. The number of aliphatic hydroxyl groups is 2. The molecule has 0 aliphatic heterocycles. The Kier molecular flexibility index (Phi) is 7.62. The van der Waals surface area contributed by atoms with Gasteiger partial charge in [-0.3, -0.25) is 0 Å². The van der Waals surface area contributed by atoms with E-state index in [1.54, 1.807) is 37.3 Å². The van der Waals surface area contributed by atoms with Gasteiger partial charge in [-0.25, -0.2) is 0 Å². The van der Waals surface area contributed by atoms with Crippen molar-refractivity contribution in [2.45, 2.75) is 20.1 Å². The maximum atomic E-state index is 11.0. The van der Waals surface area contributed by atoms with Crippen molar-refractivity contribution in [3.63, 3.8) is 0 Å². The first-order valence-corrected chi connectivity index (χ1v) is 9.85. The minimum Gasteiger partial charge on any atom is -0.780 e. The van der Waals surface area contributed by atoms with Gasteiger partial charge >= 0.3 is 0 Å². The van der Waals surface area contributed by atoms with Crippen LogP contribution in [-0.2, 0) is 17.8 Å². The largest absolute Gasteiger partial charge is 0.780 e. The summed E-state index contributed by atoms with van der Waals surface area (Å²) in [5.74, 6) is 0.382. The fourth-order valence-electron chi connectivity index (χ4n) is 2.61. The van der Waals surface area contributed by atoms with Crippen molar-refractivity contribution >= 4 is 20.0 Å². The van der Waals surface area contributed by atoms with Gasteiger partial charge in [0.05, 0.1) is 26.9 Å². The zero-order chi connectivity index (χ0) is 20.7. The van der Waals surface area contributed by atoms with Gasteiger partial charge in [0.15, 0.2) is 11.5 Å². The molecule has 0 fully saturated rings. The van der Waals surface area contributed by atoms with Gasteiger partial charge in [0, 0.05) is 5.56 Å². The van der Waals surface area contributed by atoms with Gasteiger partial charge in [0.2, 0.25) is 0 Å². The molecule has 0 aromatic heterocycles. The van der Waals surface area contributed by atoms with E-state index in [1.165, 1.54) is 19.2 Å². The summed E-state index contributed by atoms with van der Waals surface area (Å²) in [6.45, 7) is 1.45. The van der Waals surface area contributed by atoms with Crippen molar-refractivity contribution in [3.05, 3.63) is 52.6 Å². The van der Waals surface area contributed by atoms with Crippen LogP contribution in [0.15, 0.2) is 30.3 Å². The molecule has 2 N–H and O–H groups in total. The predicted octanol–water partition coefficient (Wildman–Crippen LogP) is 1.46. The molecule has 0 saturated carbocycles. The third-order valence-corrected chi connectivity index (χ3v) is 4.24. The van der Waals surface area contributed by atoms with Gasteiger partial charge < -0.3 is 38.6 Å². The van der Waals surface area contributed by atoms with E-state index < -0.39 is 7.82 Å². The Labute approximate surface area is 162 Å². The fourth-order valence-corrected chi connectivity index (χ4v) is 3.00. The molecule has 0 unspecified atom stereocenters. The van der Waals surface area contributed by atoms with Crippen molar-refractivity contribution in [3.8, 4) is 17.2 Å². The Hall–Kier alpha value is -2.35. The predicted molar refractivity (Wildman–Crippen MR) is 99.6 cm³/mol. The second kappa shape index (κ2) is 9.73. The zero-order valence-electron chi connectivity index (χ0n) is 15.5. The maximum absolute atomic E-state index is 11.0. The average molecular weight is 408 g/mol. The van der Waals surface area contributed by atoms with Crippen LogP contribution >= 0.6 is 7.82 Å². The lowest BCUT2D eigenvalue weighted by Gasteiger charge is -2.29. The van der Waals surface area contributed by atoms with Crippen LogP contribution in [0.25, 0.3) is 12.2 Å². The molecule has 0 saturated heterocycles. The van der Waals surface area contributed by atoms with Gasteiger partial charge in [0.1, 0.15) is 13.6 Å². The molecule has 28 heavy (non-hydrogen) atoms. The molecule has 0 aliphatic carbocycles. The van der Waals surface area contributed by atoms with Crippen LogP contribution in [0.1, 0.15) is 29.2 Å². The topological polar surface area (TPSA) is 131 Å². The zero-order valence-corrected chi connectivity index (χ0v) is 16.3. The molecule has 9 heteroatoms. The number of benzene rings is 2. The van der Waals surface area contributed by atoms with Crippen molar-refractivity contribution in [1.82, 2.24) is 0 Å². The van der Waals surface area contributed by atoms with E-state index >= 15 is 0 Å². The highest BCUT2D eigenvalue weighted by Crippen LogP contribution is 2.37. The lowest BCUT2D eigenvalue weighted by Crippen LogP contribution is -2.19. The van der Waals surface area contributed by atoms with Gasteiger partial charge in [-0.05, 0) is 47.9 Å². The van der Waals surface area contributed by atoms with E-state index in [1.807, 2.05) is 0 Å². The quantitative estimate of drug-likeness (QED) is 0.471. The maximum Gasteiger partial charge on any atom is 0.166 e. The number of phosphoric ester groups is 1. The molecule has 2 rings (SSSR count). The Balaban J connectivity index is 2.38. The third-order valence-electron chi connectivity index (χ3n) is 3.82. The van der Waals surface area contributed by atoms with Crippen LogP contribution in [0, 0.1) is 0 Å². The van der Waals surface area contributed by atoms with Crippen molar-refractivity contribution in [2.24, 2.45) is 0 Å². The van der Waals surface area contributed by atoms with E-state index in [9.17, 15) is 24.6 Å². The average Bonchev–Trinajstić information content (AvgIpc) is 2.66. The number of phosphoric acid groups is 1. The molecule has 0 amide bonds. The van der Waals surface area contributed by atoms with E-state index in [4.69, 9.17) is 9.47 Å². The molecule has 0 spiro atoms. The van der Waals surface area contributed by atoms with Gasteiger partial charge in [-0.2, -0.15) is 0 Å². The molecule has 8 nitrogen and oxygen atoms in total. The van der Waals surface area contributed by atoms with Crippen molar-refractivity contribution in [1.29, 1.82) is 0 Å². The summed E-state index contributed by atoms with van der Waals surface area (Å²) in [5.41, 5.74) is 2.27. The first kappa shape index (κ1) is 21.9. The van der Waals surface area contributed by atoms with Crippen molar-refractivity contribution < 1.29 is 38.6 Å². The summed E-state index contributed by atoms with van der Waals surface area (Å²) in [7, 11) is -3.78. The third kappa shape index (κ3) is 5.82. The van der Waals surface area contributed by atoms with Crippen LogP contribution in [0.5, 0.6) is 17.2 Å². The summed E-state index contributed by atoms with van der Waals surface area (Å²) in [5, 5.41) is 18.9. The number of rotatable bonds is 9. The number of hydrogen-bond donors (Lipinski definition) is 2. The molecule has 0 heterocycles. The first-order valence-electron chi connectivity index (χ1n) is 8.39. The Bertz CT molecular complexity index is 862. The molecule has 2 aromatic rings. The summed E-state index contributed by atoms with van der Waals surface area (Å²) in [4.78, 5) is 21.9. The fraction of sp³-hybridized carbons (Fsp3) is 0.263. The molecule has 0 bridgehead atoms. The SMILES string of the molecule is CCOc1ccc(/C=C\c2cc(CO)c(CO)c(OC)c2)cc1OP(=O)([O-])[O-]. The second-order valence-electron chi connectivity index (χ2n) is 5.69. The Morgan fingerprint density at radius 1 is 1.00 bits per heavy atom. The molecular weight excluding hydrogens is 387 g/mol. The van der Waals surface area contributed by atoms with Crippen LogP contribution < -0.4 is 23.8 Å². The van der Waals surface area contributed by atoms with Gasteiger partial charge in [-0.1, -0.05) is 18.2 Å². The molecule has 152 valence electrons. The number of aliphatic hydroxyl groups excluding tert-OH is 2. The van der Waals surface area contributed by atoms with Gasteiger partial charge in [-0.15, -0.1) is 0 Å². The Morgan fingerprint density at radius 2 is 1.68 bits per heavy atom. The molecule has 0 radical (unpaired) electrons. The van der Waals surface area contributed by atoms with E-state index in [0.29, 0.717) is 28.0 Å². The minimum atomic E-state index is -5.24. The highest BCUT2D eigenvalue weighted by Gasteiger charge is 2.10. The summed E-state index contributed by atoms with van der Waals surface area (Å²) >= 11 is 0. The van der Waals surface area contributed by atoms with Crippen molar-refractivity contribution in [2.75, 3.05) is 13.7 Å². The summed E-state index contributed by atoms with van der Waals surface area (Å²) in [6.07, 6.45) is 3.37. The normalized spacial score (nSPS) is 11.6. The summed E-state index contributed by atoms with van der Waals surface area (Å²) < 4.78 is 26.0. The van der Waals surface area contributed by atoms with E-state index in [2.05, 4.69) is 4.52 Å². The lowest BCUT2D eigenvalue weighted by atomic mass is 10.0. The Morgan fingerprint density at radius 3 is 2.25 bits per heavy atom. The highest BCUT2D eigenvalue weighted by atomic mass is 31.2. The number of hydrogen-bond acceptors (Lipinski definition) is 8. The number of ether oxygens (including phenoxy) is 2. The number of methoxy groups -OCH3 is 1. The van der Waals surface area contributed by atoms with Crippen LogP contribution in [0.3, 0.4) is 0 Å². The highest BCUT2D eigenvalue weighted by molar-refractivity contribution is 7.43. The summed E-state index contributed by atoms with van der Waals surface area (Å²) in [6, 6.07) is 7.93. The first-order chi connectivity index (χ1) is 13.3. The molecule has 0 aliphatic rings. The van der Waals surface area contributed by atoms with Gasteiger partial charge in [0.25, 0.3) is 0 Å². The van der Waals surface area contributed by atoms with E-state index in [-0.39, 0.29) is 31.3 Å². The standard InChI is InChI=1S/C19H23O8P/c1-3-26-17-7-6-13(9-19(17)27-28(22,23)24)4-5-14-8-15(11-20)16(12-21)18(10-14)25-2/h4-10,20-21H,3,11-12H2,1-2H3,(H2,22,23,24)/p-2/b5-4-.